The van der Waals surface area contributed by atoms with E-state index in [-0.39, 0.29) is 5.91 Å². The molecular formula is C11H10BrN3O2. The quantitative estimate of drug-likeness (QED) is 0.849. The van der Waals surface area contributed by atoms with Gasteiger partial charge in [-0.1, -0.05) is 0 Å². The Balaban J connectivity index is 1.83. The van der Waals surface area contributed by atoms with Crippen molar-refractivity contribution >= 4 is 27.9 Å². The van der Waals surface area contributed by atoms with E-state index in [1.165, 1.54) is 6.08 Å². The number of nitrogens with one attached hydrogen (secondary N) is 2. The first-order valence-corrected chi connectivity index (χ1v) is 5.72. The molecule has 88 valence electrons. The smallest absolute Gasteiger partial charge is 0.244 e. The largest absolute Gasteiger partial charge is 0.450 e. The summed E-state index contributed by atoms with van der Waals surface area (Å²) >= 11 is 3.18. The molecule has 0 spiro atoms. The standard InChI is InChI=1S/C11H10BrN3O2/c12-10-3-1-9(17-10)2-4-11(16)13-5-8-6-14-15-7-8/h1-4,6-7H,5H2,(H,13,16)(H,14,15)/b4-2+. The van der Waals surface area contributed by atoms with Crippen LogP contribution >= 0.6 is 15.9 Å². The second kappa shape index (κ2) is 5.49. The minimum atomic E-state index is -0.182. The maximum absolute atomic E-state index is 11.4. The van der Waals surface area contributed by atoms with Gasteiger partial charge in [-0.05, 0) is 34.1 Å². The predicted molar refractivity (Wildman–Crippen MR) is 65.9 cm³/mol. The van der Waals surface area contributed by atoms with Crippen molar-refractivity contribution in [3.63, 3.8) is 0 Å². The third-order valence-corrected chi connectivity index (χ3v) is 2.44. The number of carbonyl (C=O) groups excluding carboxylic acids is 1. The molecule has 2 aromatic rings. The average Bonchev–Trinajstić information content (AvgIpc) is 2.95. The number of nitrogens with zero attached hydrogens (tertiary/aromatic N) is 1. The van der Waals surface area contributed by atoms with Gasteiger partial charge in [0.15, 0.2) is 4.67 Å². The minimum absolute atomic E-state index is 0.182. The van der Waals surface area contributed by atoms with Crippen molar-refractivity contribution in [2.24, 2.45) is 0 Å². The van der Waals surface area contributed by atoms with Crippen LogP contribution in [0.2, 0.25) is 0 Å². The highest BCUT2D eigenvalue weighted by atomic mass is 79.9. The molecule has 0 aliphatic carbocycles. The molecule has 0 aliphatic rings. The van der Waals surface area contributed by atoms with Gasteiger partial charge < -0.3 is 9.73 Å². The summed E-state index contributed by atoms with van der Waals surface area (Å²) in [5, 5.41) is 9.18. The van der Waals surface area contributed by atoms with Gasteiger partial charge in [-0.25, -0.2) is 0 Å². The van der Waals surface area contributed by atoms with Gasteiger partial charge >= 0.3 is 0 Å². The van der Waals surface area contributed by atoms with Gasteiger partial charge in [-0.2, -0.15) is 5.10 Å². The van der Waals surface area contributed by atoms with E-state index in [9.17, 15) is 4.79 Å². The van der Waals surface area contributed by atoms with E-state index >= 15 is 0 Å². The molecule has 6 heteroatoms. The molecule has 0 aromatic carbocycles. The van der Waals surface area contributed by atoms with Gasteiger partial charge in [0.2, 0.25) is 5.91 Å². The Labute approximate surface area is 106 Å². The van der Waals surface area contributed by atoms with E-state index in [0.29, 0.717) is 17.0 Å². The van der Waals surface area contributed by atoms with Crippen LogP contribution in [-0.4, -0.2) is 16.1 Å². The van der Waals surface area contributed by atoms with Crippen LogP contribution < -0.4 is 5.32 Å². The molecule has 0 radical (unpaired) electrons. The number of aromatic nitrogens is 2. The Bertz CT molecular complexity index is 517. The van der Waals surface area contributed by atoms with E-state index in [1.54, 1.807) is 30.6 Å². The van der Waals surface area contributed by atoms with Gasteiger partial charge in [0.05, 0.1) is 6.20 Å². The molecule has 17 heavy (non-hydrogen) atoms. The summed E-state index contributed by atoms with van der Waals surface area (Å²) in [6.45, 7) is 0.446. The lowest BCUT2D eigenvalue weighted by Gasteiger charge is -1.97. The third kappa shape index (κ3) is 3.60. The van der Waals surface area contributed by atoms with Crippen LogP contribution in [0.1, 0.15) is 11.3 Å². The molecule has 2 N–H and O–H groups in total. The van der Waals surface area contributed by atoms with Gasteiger partial charge in [0.25, 0.3) is 0 Å². The zero-order chi connectivity index (χ0) is 12.1. The first-order chi connectivity index (χ1) is 8.24. The zero-order valence-electron chi connectivity index (χ0n) is 8.81. The Kier molecular flexibility index (Phi) is 3.77. The predicted octanol–water partition coefficient (Wildman–Crippen LogP) is 2.09. The van der Waals surface area contributed by atoms with Crippen molar-refractivity contribution < 1.29 is 9.21 Å². The van der Waals surface area contributed by atoms with Crippen molar-refractivity contribution in [1.29, 1.82) is 0 Å². The molecule has 5 nitrogen and oxygen atoms in total. The van der Waals surface area contributed by atoms with Crippen LogP contribution in [0.25, 0.3) is 6.08 Å². The molecule has 0 saturated heterocycles. The fourth-order valence-corrected chi connectivity index (χ4v) is 1.52. The summed E-state index contributed by atoms with van der Waals surface area (Å²) in [4.78, 5) is 11.4. The molecule has 2 aromatic heterocycles. The van der Waals surface area contributed by atoms with E-state index in [2.05, 4.69) is 31.4 Å². The summed E-state index contributed by atoms with van der Waals surface area (Å²) in [6, 6.07) is 3.53. The van der Waals surface area contributed by atoms with Crippen LogP contribution in [0.3, 0.4) is 0 Å². The lowest BCUT2D eigenvalue weighted by molar-refractivity contribution is -0.116. The molecule has 2 rings (SSSR count). The second-order valence-electron chi connectivity index (χ2n) is 3.30. The fourth-order valence-electron chi connectivity index (χ4n) is 1.20. The zero-order valence-corrected chi connectivity index (χ0v) is 10.4. The number of hydrogen-bond acceptors (Lipinski definition) is 3. The van der Waals surface area contributed by atoms with Crippen LogP contribution in [0.4, 0.5) is 0 Å². The first-order valence-electron chi connectivity index (χ1n) is 4.93. The maximum atomic E-state index is 11.4. The third-order valence-electron chi connectivity index (χ3n) is 2.01. The Hall–Kier alpha value is -1.82. The molecule has 0 atom stereocenters. The molecule has 0 bridgehead atoms. The second-order valence-corrected chi connectivity index (χ2v) is 4.08. The highest BCUT2D eigenvalue weighted by Gasteiger charge is 1.99. The highest BCUT2D eigenvalue weighted by Crippen LogP contribution is 2.14. The van der Waals surface area contributed by atoms with Crippen LogP contribution in [0.15, 0.2) is 39.7 Å². The lowest BCUT2D eigenvalue weighted by atomic mass is 10.3. The van der Waals surface area contributed by atoms with Gasteiger partial charge in [0, 0.05) is 24.4 Å². The maximum Gasteiger partial charge on any atom is 0.244 e. The number of halogens is 1. The molecule has 0 unspecified atom stereocenters. The monoisotopic (exact) mass is 295 g/mol. The molecule has 1 amide bonds. The average molecular weight is 296 g/mol. The number of furan rings is 1. The lowest BCUT2D eigenvalue weighted by Crippen LogP contribution is -2.19. The van der Waals surface area contributed by atoms with Crippen molar-refractivity contribution in [2.45, 2.75) is 6.54 Å². The Morgan fingerprint density at radius 1 is 1.59 bits per heavy atom. The minimum Gasteiger partial charge on any atom is -0.450 e. The molecule has 0 aliphatic heterocycles. The topological polar surface area (TPSA) is 70.9 Å². The molecule has 0 fully saturated rings. The number of carbonyl (C=O) groups is 1. The summed E-state index contributed by atoms with van der Waals surface area (Å²) < 4.78 is 5.85. The summed E-state index contributed by atoms with van der Waals surface area (Å²) in [6.07, 6.45) is 6.42. The van der Waals surface area contributed by atoms with Crippen molar-refractivity contribution in [2.75, 3.05) is 0 Å². The van der Waals surface area contributed by atoms with Crippen LogP contribution in [0.5, 0.6) is 0 Å². The summed E-state index contributed by atoms with van der Waals surface area (Å²) in [5.74, 6) is 0.439. The van der Waals surface area contributed by atoms with Gasteiger partial charge in [0.1, 0.15) is 5.76 Å². The van der Waals surface area contributed by atoms with E-state index in [4.69, 9.17) is 4.42 Å². The number of rotatable bonds is 4. The van der Waals surface area contributed by atoms with Gasteiger partial charge in [-0.15, -0.1) is 0 Å². The summed E-state index contributed by atoms with van der Waals surface area (Å²) in [5.41, 5.74) is 0.924. The Morgan fingerprint density at radius 3 is 3.12 bits per heavy atom. The molecule has 2 heterocycles. The first kappa shape index (κ1) is 11.7. The number of aromatic amines is 1. The van der Waals surface area contributed by atoms with Crippen molar-refractivity contribution in [1.82, 2.24) is 15.5 Å². The van der Waals surface area contributed by atoms with Crippen LogP contribution in [-0.2, 0) is 11.3 Å². The summed E-state index contributed by atoms with van der Waals surface area (Å²) in [7, 11) is 0. The highest BCUT2D eigenvalue weighted by molar-refractivity contribution is 9.10. The van der Waals surface area contributed by atoms with E-state index < -0.39 is 0 Å². The number of H-pyrrole nitrogens is 1. The number of amides is 1. The van der Waals surface area contributed by atoms with E-state index in [0.717, 1.165) is 5.56 Å². The molecule has 0 saturated carbocycles. The Morgan fingerprint density at radius 2 is 2.47 bits per heavy atom. The van der Waals surface area contributed by atoms with Crippen molar-refractivity contribution in [3.05, 3.63) is 46.6 Å². The van der Waals surface area contributed by atoms with E-state index in [1.807, 2.05) is 0 Å². The number of hydrogen-bond donors (Lipinski definition) is 2. The molecular weight excluding hydrogens is 286 g/mol. The SMILES string of the molecule is O=C(/C=C/c1ccc(Br)o1)NCc1cn[nH]c1. The van der Waals surface area contributed by atoms with Crippen LogP contribution in [0, 0.1) is 0 Å². The fraction of sp³-hybridized carbons (Fsp3) is 0.0909. The van der Waals surface area contributed by atoms with Gasteiger partial charge in [-0.3, -0.25) is 9.89 Å². The normalized spacial score (nSPS) is 10.9. The van der Waals surface area contributed by atoms with Crippen molar-refractivity contribution in [3.8, 4) is 0 Å².